The fourth-order valence-electron chi connectivity index (χ4n) is 2.35. The molecule has 6 nitrogen and oxygen atoms in total. The smallest absolute Gasteiger partial charge is 0.408 e. The van der Waals surface area contributed by atoms with Gasteiger partial charge in [0.15, 0.2) is 0 Å². The lowest BCUT2D eigenvalue weighted by atomic mass is 10.0. The van der Waals surface area contributed by atoms with Crippen molar-refractivity contribution < 1.29 is 9.90 Å². The highest BCUT2D eigenvalue weighted by Crippen LogP contribution is 2.27. The third kappa shape index (κ3) is 3.39. The minimum absolute atomic E-state index is 0.404. The molecule has 0 radical (unpaired) electrons. The van der Waals surface area contributed by atoms with Gasteiger partial charge in [-0.25, -0.2) is 9.48 Å². The SMILES string of the molecule is C[C@@H](c1cn(-c2ccc(Cl)cc2)nn1)N(C(=O)O)C(C)(C)C. The predicted octanol–water partition coefficient (Wildman–Crippen LogP) is 3.76. The highest BCUT2D eigenvalue weighted by atomic mass is 35.5. The van der Waals surface area contributed by atoms with Gasteiger partial charge in [-0.2, -0.15) is 0 Å². The Labute approximate surface area is 134 Å². The maximum absolute atomic E-state index is 11.5. The molecular formula is C15H19ClN4O2. The molecule has 1 aromatic carbocycles. The van der Waals surface area contributed by atoms with Gasteiger partial charge in [-0.05, 0) is 52.0 Å². The van der Waals surface area contributed by atoms with Gasteiger partial charge in [-0.1, -0.05) is 16.8 Å². The molecule has 0 aliphatic rings. The molecule has 7 heteroatoms. The van der Waals surface area contributed by atoms with Crippen LogP contribution in [0.25, 0.3) is 5.69 Å². The molecule has 0 bridgehead atoms. The molecule has 1 amide bonds. The summed E-state index contributed by atoms with van der Waals surface area (Å²) in [5.41, 5.74) is 0.871. The molecule has 0 aliphatic carbocycles. The molecule has 0 saturated carbocycles. The molecule has 0 fully saturated rings. The molecule has 2 rings (SSSR count). The summed E-state index contributed by atoms with van der Waals surface area (Å²) in [6, 6.07) is 6.77. The van der Waals surface area contributed by atoms with Crippen LogP contribution in [0.3, 0.4) is 0 Å². The predicted molar refractivity (Wildman–Crippen MR) is 84.4 cm³/mol. The van der Waals surface area contributed by atoms with Crippen molar-refractivity contribution in [1.29, 1.82) is 0 Å². The summed E-state index contributed by atoms with van der Waals surface area (Å²) in [5, 5.41) is 18.3. The first-order valence-corrected chi connectivity index (χ1v) is 7.28. The number of hydrogen-bond donors (Lipinski definition) is 1. The Morgan fingerprint density at radius 1 is 1.32 bits per heavy atom. The molecule has 1 N–H and O–H groups in total. The highest BCUT2D eigenvalue weighted by Gasteiger charge is 2.33. The van der Waals surface area contributed by atoms with Gasteiger partial charge in [-0.15, -0.1) is 5.10 Å². The first-order valence-electron chi connectivity index (χ1n) is 6.90. The van der Waals surface area contributed by atoms with E-state index in [-0.39, 0.29) is 0 Å². The Balaban J connectivity index is 2.30. The van der Waals surface area contributed by atoms with E-state index < -0.39 is 17.7 Å². The van der Waals surface area contributed by atoms with Crippen molar-refractivity contribution >= 4 is 17.7 Å². The minimum atomic E-state index is -0.985. The van der Waals surface area contributed by atoms with Crippen molar-refractivity contribution in [3.8, 4) is 5.69 Å². The Kier molecular flexibility index (Phi) is 4.42. The Hall–Kier alpha value is -2.08. The monoisotopic (exact) mass is 322 g/mol. The Morgan fingerprint density at radius 2 is 1.91 bits per heavy atom. The average molecular weight is 323 g/mol. The molecule has 1 aromatic heterocycles. The van der Waals surface area contributed by atoms with E-state index >= 15 is 0 Å². The van der Waals surface area contributed by atoms with Crippen LogP contribution in [0.1, 0.15) is 39.4 Å². The quantitative estimate of drug-likeness (QED) is 0.934. The Bertz CT molecular complexity index is 661. The summed E-state index contributed by atoms with van der Waals surface area (Å²) in [6.45, 7) is 7.35. The molecule has 0 spiro atoms. The van der Waals surface area contributed by atoms with Gasteiger partial charge >= 0.3 is 6.09 Å². The molecule has 22 heavy (non-hydrogen) atoms. The molecule has 118 valence electrons. The van der Waals surface area contributed by atoms with Gasteiger partial charge in [0.25, 0.3) is 0 Å². The Morgan fingerprint density at radius 3 is 2.41 bits per heavy atom. The van der Waals surface area contributed by atoms with Crippen LogP contribution in [0, 0.1) is 0 Å². The molecular weight excluding hydrogens is 304 g/mol. The number of halogens is 1. The second kappa shape index (κ2) is 5.96. The van der Waals surface area contributed by atoms with Crippen molar-refractivity contribution in [3.05, 3.63) is 41.2 Å². The largest absolute Gasteiger partial charge is 0.465 e. The lowest BCUT2D eigenvalue weighted by Gasteiger charge is -2.37. The molecule has 0 saturated heterocycles. The van der Waals surface area contributed by atoms with Crippen LogP contribution in [0.2, 0.25) is 5.02 Å². The summed E-state index contributed by atoms with van der Waals surface area (Å²) in [4.78, 5) is 12.9. The fourth-order valence-corrected chi connectivity index (χ4v) is 2.48. The zero-order valence-electron chi connectivity index (χ0n) is 13.0. The van der Waals surface area contributed by atoms with Crippen LogP contribution in [0.15, 0.2) is 30.5 Å². The standard InChI is InChI=1S/C15H19ClN4O2/c1-10(20(14(21)22)15(2,3)4)13-9-19(18-17-13)12-7-5-11(16)6-8-12/h5-10H,1-4H3,(H,21,22)/t10-/m0/s1. The number of carbonyl (C=O) groups is 1. The zero-order chi connectivity index (χ0) is 16.5. The second-order valence-electron chi connectivity index (χ2n) is 6.06. The zero-order valence-corrected chi connectivity index (χ0v) is 13.7. The van der Waals surface area contributed by atoms with E-state index in [1.807, 2.05) is 32.9 Å². The summed E-state index contributed by atoms with van der Waals surface area (Å²) in [5.74, 6) is 0. The highest BCUT2D eigenvalue weighted by molar-refractivity contribution is 6.30. The maximum Gasteiger partial charge on any atom is 0.408 e. The summed E-state index contributed by atoms with van der Waals surface area (Å²) in [6.07, 6.45) is 0.747. The average Bonchev–Trinajstić information content (AvgIpc) is 2.87. The maximum atomic E-state index is 11.5. The first kappa shape index (κ1) is 16.3. The van der Waals surface area contributed by atoms with Crippen LogP contribution in [-0.4, -0.2) is 36.6 Å². The number of amides is 1. The summed E-state index contributed by atoms with van der Waals surface area (Å²) >= 11 is 5.86. The lowest BCUT2D eigenvalue weighted by molar-refractivity contribution is 0.0740. The second-order valence-corrected chi connectivity index (χ2v) is 6.50. The number of benzene rings is 1. The lowest BCUT2D eigenvalue weighted by Crippen LogP contribution is -2.46. The van der Waals surface area contributed by atoms with Gasteiger partial charge in [-0.3, -0.25) is 4.90 Å². The van der Waals surface area contributed by atoms with E-state index in [2.05, 4.69) is 10.3 Å². The number of hydrogen-bond acceptors (Lipinski definition) is 3. The fraction of sp³-hybridized carbons (Fsp3) is 0.400. The van der Waals surface area contributed by atoms with Gasteiger partial charge in [0.2, 0.25) is 0 Å². The van der Waals surface area contributed by atoms with Crippen LogP contribution >= 0.6 is 11.6 Å². The third-order valence-electron chi connectivity index (χ3n) is 3.35. The van der Waals surface area contributed by atoms with E-state index in [1.54, 1.807) is 29.9 Å². The number of rotatable bonds is 3. The van der Waals surface area contributed by atoms with E-state index in [1.165, 1.54) is 4.90 Å². The summed E-state index contributed by atoms with van der Waals surface area (Å²) in [7, 11) is 0. The molecule has 0 aliphatic heterocycles. The van der Waals surface area contributed by atoms with Crippen molar-refractivity contribution in [3.63, 3.8) is 0 Å². The number of aromatic nitrogens is 3. The molecule has 1 heterocycles. The molecule has 2 aromatic rings. The molecule has 0 unspecified atom stereocenters. The van der Waals surface area contributed by atoms with Crippen LogP contribution in [0.5, 0.6) is 0 Å². The number of carboxylic acid groups (broad SMARTS) is 1. The van der Waals surface area contributed by atoms with Gasteiger partial charge in [0.1, 0.15) is 5.69 Å². The van der Waals surface area contributed by atoms with E-state index in [9.17, 15) is 9.90 Å². The normalized spacial score (nSPS) is 13.0. The summed E-state index contributed by atoms with van der Waals surface area (Å²) < 4.78 is 1.60. The van der Waals surface area contributed by atoms with Crippen molar-refractivity contribution in [2.45, 2.75) is 39.3 Å². The van der Waals surface area contributed by atoms with Gasteiger partial charge < -0.3 is 5.11 Å². The minimum Gasteiger partial charge on any atom is -0.465 e. The molecule has 1 atom stereocenters. The van der Waals surface area contributed by atoms with Crippen molar-refractivity contribution in [2.24, 2.45) is 0 Å². The van der Waals surface area contributed by atoms with E-state index in [0.29, 0.717) is 10.7 Å². The van der Waals surface area contributed by atoms with E-state index in [4.69, 9.17) is 11.6 Å². The number of nitrogens with zero attached hydrogens (tertiary/aromatic N) is 4. The van der Waals surface area contributed by atoms with Gasteiger partial charge in [0.05, 0.1) is 17.9 Å². The topological polar surface area (TPSA) is 71.2 Å². The third-order valence-corrected chi connectivity index (χ3v) is 3.60. The van der Waals surface area contributed by atoms with Crippen molar-refractivity contribution in [1.82, 2.24) is 19.9 Å². The van der Waals surface area contributed by atoms with Crippen molar-refractivity contribution in [2.75, 3.05) is 0 Å². The first-order chi connectivity index (χ1) is 10.2. The van der Waals surface area contributed by atoms with Gasteiger partial charge in [0, 0.05) is 10.6 Å². The van der Waals surface area contributed by atoms with Crippen LogP contribution in [-0.2, 0) is 0 Å². The van der Waals surface area contributed by atoms with E-state index in [0.717, 1.165) is 5.69 Å². The van der Waals surface area contributed by atoms with Crippen LogP contribution in [0.4, 0.5) is 4.79 Å². The van der Waals surface area contributed by atoms with Crippen LogP contribution < -0.4 is 0 Å².